The van der Waals surface area contributed by atoms with Crippen LogP contribution in [-0.2, 0) is 0 Å². The largest absolute Gasteiger partial charge is 0.341 e. The van der Waals surface area contributed by atoms with Gasteiger partial charge in [0.15, 0.2) is 0 Å². The number of benzene rings is 1. The molecule has 0 saturated carbocycles. The Morgan fingerprint density at radius 1 is 1.15 bits per heavy atom. The van der Waals surface area contributed by atoms with Gasteiger partial charge in [-0.1, -0.05) is 30.3 Å². The average Bonchev–Trinajstić information content (AvgIpc) is 2.95. The quantitative estimate of drug-likeness (QED) is 0.878. The van der Waals surface area contributed by atoms with E-state index in [2.05, 4.69) is 61.0 Å². The molecule has 1 amide bonds. The minimum Gasteiger partial charge on any atom is -0.341 e. The molecule has 26 heavy (non-hydrogen) atoms. The summed E-state index contributed by atoms with van der Waals surface area (Å²) in [6.45, 7) is 8.03. The van der Waals surface area contributed by atoms with Crippen LogP contribution in [0.15, 0.2) is 36.4 Å². The number of aromatic nitrogens is 1. The lowest BCUT2D eigenvalue weighted by Gasteiger charge is -2.32. The van der Waals surface area contributed by atoms with E-state index in [1.807, 2.05) is 18.0 Å². The fourth-order valence-electron chi connectivity index (χ4n) is 4.01. The minimum absolute atomic E-state index is 0. The van der Waals surface area contributed by atoms with Crippen LogP contribution in [-0.4, -0.2) is 41.6 Å². The molecule has 2 heterocycles. The molecule has 1 saturated heterocycles. The Morgan fingerprint density at radius 2 is 1.77 bits per heavy atom. The number of rotatable bonds is 4. The summed E-state index contributed by atoms with van der Waals surface area (Å²) in [4.78, 5) is 15.0. The number of carbonyl (C=O) groups is 1. The summed E-state index contributed by atoms with van der Waals surface area (Å²) in [5.41, 5.74) is 4.32. The SMILES string of the molecule is CNC1CCN(C(=O)c2cc(C)n(C(C)c3ccccc3)c2C)CC1.Cl. The van der Waals surface area contributed by atoms with Crippen LogP contribution in [0.5, 0.6) is 0 Å². The highest BCUT2D eigenvalue weighted by Gasteiger charge is 2.26. The second-order valence-corrected chi connectivity index (χ2v) is 7.10. The van der Waals surface area contributed by atoms with E-state index in [0.29, 0.717) is 6.04 Å². The number of hydrogen-bond acceptors (Lipinski definition) is 2. The van der Waals surface area contributed by atoms with Crippen molar-refractivity contribution in [1.82, 2.24) is 14.8 Å². The maximum Gasteiger partial charge on any atom is 0.255 e. The summed E-state index contributed by atoms with van der Waals surface area (Å²) >= 11 is 0. The third-order valence-corrected chi connectivity index (χ3v) is 5.57. The Bertz CT molecular complexity index is 733. The van der Waals surface area contributed by atoms with Gasteiger partial charge in [-0.15, -0.1) is 12.4 Å². The van der Waals surface area contributed by atoms with Crippen molar-refractivity contribution in [3.63, 3.8) is 0 Å². The monoisotopic (exact) mass is 375 g/mol. The third-order valence-electron chi connectivity index (χ3n) is 5.57. The fraction of sp³-hybridized carbons (Fsp3) is 0.476. The molecule has 0 bridgehead atoms. The Balaban J connectivity index is 0.00000243. The average molecular weight is 376 g/mol. The number of piperidine rings is 1. The van der Waals surface area contributed by atoms with Gasteiger partial charge >= 0.3 is 0 Å². The van der Waals surface area contributed by atoms with Crippen molar-refractivity contribution in [2.75, 3.05) is 20.1 Å². The third kappa shape index (κ3) is 3.97. The molecule has 1 N–H and O–H groups in total. The number of carbonyl (C=O) groups excluding carboxylic acids is 1. The first-order valence-electron chi connectivity index (χ1n) is 9.22. The van der Waals surface area contributed by atoms with E-state index in [1.165, 1.54) is 5.56 Å². The predicted octanol–water partition coefficient (Wildman–Crippen LogP) is 3.96. The molecule has 0 spiro atoms. The summed E-state index contributed by atoms with van der Waals surface area (Å²) in [7, 11) is 2.00. The highest BCUT2D eigenvalue weighted by atomic mass is 35.5. The summed E-state index contributed by atoms with van der Waals surface area (Å²) < 4.78 is 2.28. The molecule has 1 fully saturated rings. The molecule has 4 nitrogen and oxygen atoms in total. The predicted molar refractivity (Wildman–Crippen MR) is 109 cm³/mol. The van der Waals surface area contributed by atoms with Gasteiger partial charge in [0.05, 0.1) is 11.6 Å². The molecule has 0 aliphatic carbocycles. The number of halogens is 1. The second-order valence-electron chi connectivity index (χ2n) is 7.10. The Labute approximate surface area is 163 Å². The lowest BCUT2D eigenvalue weighted by molar-refractivity contribution is 0.0706. The summed E-state index contributed by atoms with van der Waals surface area (Å²) in [5.74, 6) is 0.175. The minimum atomic E-state index is 0. The zero-order chi connectivity index (χ0) is 18.0. The van der Waals surface area contributed by atoms with Crippen molar-refractivity contribution in [1.29, 1.82) is 0 Å². The fourth-order valence-corrected chi connectivity index (χ4v) is 4.01. The molecule has 142 valence electrons. The summed E-state index contributed by atoms with van der Waals surface area (Å²) in [6, 6.07) is 13.3. The van der Waals surface area contributed by atoms with Gasteiger partial charge < -0.3 is 14.8 Å². The number of aryl methyl sites for hydroxylation is 1. The van der Waals surface area contributed by atoms with Crippen LogP contribution in [0.4, 0.5) is 0 Å². The number of nitrogens with one attached hydrogen (secondary N) is 1. The van der Waals surface area contributed by atoms with E-state index in [9.17, 15) is 4.79 Å². The zero-order valence-corrected chi connectivity index (χ0v) is 17.0. The van der Waals surface area contributed by atoms with Crippen LogP contribution < -0.4 is 5.32 Å². The maximum atomic E-state index is 13.0. The van der Waals surface area contributed by atoms with Gasteiger partial charge in [0, 0.05) is 30.5 Å². The standard InChI is InChI=1S/C21H29N3O.ClH/c1-15-14-20(21(25)23-12-10-19(22-4)11-13-23)17(3)24(15)16(2)18-8-6-5-7-9-18;/h5-9,14,16,19,22H,10-13H2,1-4H3;1H. The van der Waals surface area contributed by atoms with Crippen LogP contribution in [0.25, 0.3) is 0 Å². The first kappa shape index (κ1) is 20.5. The van der Waals surface area contributed by atoms with E-state index in [0.717, 1.165) is 42.9 Å². The molecule has 1 aliphatic rings. The van der Waals surface area contributed by atoms with E-state index >= 15 is 0 Å². The van der Waals surface area contributed by atoms with Gasteiger partial charge in [-0.3, -0.25) is 4.79 Å². The molecule has 2 aromatic rings. The van der Waals surface area contributed by atoms with Crippen LogP contribution in [0.1, 0.15) is 53.1 Å². The number of nitrogens with zero attached hydrogens (tertiary/aromatic N) is 2. The van der Waals surface area contributed by atoms with E-state index in [-0.39, 0.29) is 24.4 Å². The smallest absolute Gasteiger partial charge is 0.255 e. The van der Waals surface area contributed by atoms with Crippen molar-refractivity contribution >= 4 is 18.3 Å². The molecular weight excluding hydrogens is 346 g/mol. The van der Waals surface area contributed by atoms with Crippen molar-refractivity contribution in [2.45, 2.75) is 45.7 Å². The molecule has 1 unspecified atom stereocenters. The van der Waals surface area contributed by atoms with Gasteiger partial charge in [-0.25, -0.2) is 0 Å². The number of likely N-dealkylation sites (tertiary alicyclic amines) is 1. The lowest BCUT2D eigenvalue weighted by atomic mass is 10.0. The Morgan fingerprint density at radius 3 is 2.35 bits per heavy atom. The van der Waals surface area contributed by atoms with Crippen molar-refractivity contribution in [2.24, 2.45) is 0 Å². The highest BCUT2D eigenvalue weighted by molar-refractivity contribution is 5.95. The van der Waals surface area contributed by atoms with Gasteiger partial charge in [-0.2, -0.15) is 0 Å². The normalized spacial score (nSPS) is 16.2. The molecule has 1 aromatic carbocycles. The Hall–Kier alpha value is -1.78. The summed E-state index contributed by atoms with van der Waals surface area (Å²) in [6.07, 6.45) is 2.06. The topological polar surface area (TPSA) is 37.3 Å². The molecule has 0 radical (unpaired) electrons. The molecule has 1 aromatic heterocycles. The Kier molecular flexibility index (Phi) is 6.90. The van der Waals surface area contributed by atoms with Crippen LogP contribution >= 0.6 is 12.4 Å². The summed E-state index contributed by atoms with van der Waals surface area (Å²) in [5, 5.41) is 3.32. The number of amides is 1. The van der Waals surface area contributed by atoms with Crippen molar-refractivity contribution in [3.8, 4) is 0 Å². The molecular formula is C21H30ClN3O. The molecule has 5 heteroatoms. The zero-order valence-electron chi connectivity index (χ0n) is 16.2. The second kappa shape index (κ2) is 8.74. The molecule has 1 aliphatic heterocycles. The highest BCUT2D eigenvalue weighted by Crippen LogP contribution is 2.27. The van der Waals surface area contributed by atoms with Gasteiger partial charge in [0.2, 0.25) is 0 Å². The van der Waals surface area contributed by atoms with Crippen molar-refractivity contribution in [3.05, 3.63) is 58.9 Å². The van der Waals surface area contributed by atoms with E-state index in [4.69, 9.17) is 0 Å². The lowest BCUT2D eigenvalue weighted by Crippen LogP contribution is -2.44. The van der Waals surface area contributed by atoms with Crippen molar-refractivity contribution < 1.29 is 4.79 Å². The molecule has 1 atom stereocenters. The van der Waals surface area contributed by atoms with Gasteiger partial charge in [0.1, 0.15) is 0 Å². The number of hydrogen-bond donors (Lipinski definition) is 1. The first-order valence-corrected chi connectivity index (χ1v) is 9.22. The van der Waals surface area contributed by atoms with E-state index < -0.39 is 0 Å². The first-order chi connectivity index (χ1) is 12.0. The van der Waals surface area contributed by atoms with Crippen LogP contribution in [0.2, 0.25) is 0 Å². The molecule has 3 rings (SSSR count). The van der Waals surface area contributed by atoms with Gasteiger partial charge in [0.25, 0.3) is 5.91 Å². The van der Waals surface area contributed by atoms with E-state index in [1.54, 1.807) is 0 Å². The maximum absolute atomic E-state index is 13.0. The van der Waals surface area contributed by atoms with Gasteiger partial charge in [-0.05, 0) is 52.3 Å². The van der Waals surface area contributed by atoms with Crippen LogP contribution in [0.3, 0.4) is 0 Å². The van der Waals surface area contributed by atoms with Crippen LogP contribution in [0, 0.1) is 13.8 Å².